The van der Waals surface area contributed by atoms with Gasteiger partial charge >= 0.3 is 5.69 Å². The predicted octanol–water partition coefficient (Wildman–Crippen LogP) is 2.34. The van der Waals surface area contributed by atoms with E-state index in [1.165, 1.54) is 19.2 Å². The molecule has 1 rings (SSSR count). The Morgan fingerprint density at radius 3 is 2.73 bits per heavy atom. The highest BCUT2D eigenvalue weighted by molar-refractivity contribution is 6.31. The summed E-state index contributed by atoms with van der Waals surface area (Å²) in [6.07, 6.45) is 1.35. The third-order valence-electron chi connectivity index (χ3n) is 2.17. The van der Waals surface area contributed by atoms with E-state index in [0.29, 0.717) is 5.56 Å². The van der Waals surface area contributed by atoms with Gasteiger partial charge in [0.2, 0.25) is 5.15 Å². The molecule has 6 heteroatoms. The number of hydrogen-bond donors (Lipinski definition) is 0. The molecule has 1 heterocycles. The van der Waals surface area contributed by atoms with Crippen molar-refractivity contribution >= 4 is 23.1 Å². The molecule has 0 saturated heterocycles. The van der Waals surface area contributed by atoms with Crippen molar-refractivity contribution < 1.29 is 9.72 Å². The lowest BCUT2D eigenvalue weighted by atomic mass is 9.97. The third-order valence-corrected chi connectivity index (χ3v) is 2.45. The fraction of sp³-hybridized carbons (Fsp3) is 0.333. The topological polar surface area (TPSA) is 73.1 Å². The fourth-order valence-corrected chi connectivity index (χ4v) is 1.43. The number of hydrogen-bond acceptors (Lipinski definition) is 4. The Morgan fingerprint density at radius 2 is 2.27 bits per heavy atom. The fourth-order valence-electron chi connectivity index (χ4n) is 1.19. The highest BCUT2D eigenvalue weighted by Crippen LogP contribution is 2.31. The maximum absolute atomic E-state index is 11.1. The van der Waals surface area contributed by atoms with Crippen molar-refractivity contribution in [3.8, 4) is 0 Å². The van der Waals surface area contributed by atoms with E-state index in [-0.39, 0.29) is 16.6 Å². The van der Waals surface area contributed by atoms with Crippen LogP contribution in [-0.2, 0) is 4.79 Å². The molecule has 0 saturated carbocycles. The lowest BCUT2D eigenvalue weighted by Crippen LogP contribution is -2.08. The van der Waals surface area contributed by atoms with Gasteiger partial charge in [-0.05, 0) is 13.0 Å². The van der Waals surface area contributed by atoms with Crippen molar-refractivity contribution in [2.75, 3.05) is 0 Å². The highest BCUT2D eigenvalue weighted by Gasteiger charge is 2.25. The minimum Gasteiger partial charge on any atom is -0.299 e. The van der Waals surface area contributed by atoms with Crippen LogP contribution in [0.3, 0.4) is 0 Å². The Labute approximate surface area is 91.2 Å². The minimum atomic E-state index is -0.621. The zero-order valence-corrected chi connectivity index (χ0v) is 8.99. The molecule has 0 N–H and O–H groups in total. The largest absolute Gasteiger partial charge is 0.310 e. The summed E-state index contributed by atoms with van der Waals surface area (Å²) in [6.45, 7) is 2.98. The van der Waals surface area contributed by atoms with Gasteiger partial charge < -0.3 is 0 Å². The van der Waals surface area contributed by atoms with Crippen LogP contribution in [0.5, 0.6) is 0 Å². The Balaban J connectivity index is 3.35. The van der Waals surface area contributed by atoms with Crippen LogP contribution >= 0.6 is 11.6 Å². The number of aromatic nitrogens is 1. The molecule has 1 unspecified atom stereocenters. The number of Topliss-reactive ketones (excluding diaryl/α,β-unsaturated/α-hetero) is 1. The van der Waals surface area contributed by atoms with Crippen LogP contribution < -0.4 is 0 Å². The molecule has 1 aromatic heterocycles. The number of ketones is 1. The van der Waals surface area contributed by atoms with Gasteiger partial charge in [-0.15, -0.1) is 0 Å². The normalized spacial score (nSPS) is 12.2. The number of halogens is 1. The molecule has 0 amide bonds. The monoisotopic (exact) mass is 228 g/mol. The summed E-state index contributed by atoms with van der Waals surface area (Å²) >= 11 is 5.61. The van der Waals surface area contributed by atoms with Crippen molar-refractivity contribution in [2.45, 2.75) is 19.8 Å². The Morgan fingerprint density at radius 1 is 1.67 bits per heavy atom. The molecule has 0 aliphatic carbocycles. The van der Waals surface area contributed by atoms with Crippen LogP contribution in [0, 0.1) is 10.1 Å². The van der Waals surface area contributed by atoms with E-state index in [1.807, 2.05) is 0 Å². The van der Waals surface area contributed by atoms with Gasteiger partial charge in [-0.1, -0.05) is 18.5 Å². The summed E-state index contributed by atoms with van der Waals surface area (Å²) in [6, 6.07) is 1.44. The number of rotatable bonds is 3. The number of carbonyl (C=O) groups is 1. The molecule has 15 heavy (non-hydrogen) atoms. The van der Waals surface area contributed by atoms with E-state index >= 15 is 0 Å². The summed E-state index contributed by atoms with van der Waals surface area (Å²) < 4.78 is 0. The van der Waals surface area contributed by atoms with Gasteiger partial charge in [0, 0.05) is 17.7 Å². The molecule has 0 fully saturated rings. The zero-order chi connectivity index (χ0) is 11.6. The van der Waals surface area contributed by atoms with E-state index in [1.54, 1.807) is 6.92 Å². The Kier molecular flexibility index (Phi) is 3.36. The van der Waals surface area contributed by atoms with E-state index in [2.05, 4.69) is 4.98 Å². The van der Waals surface area contributed by atoms with Crippen LogP contribution in [0.4, 0.5) is 5.69 Å². The molecule has 1 aromatic rings. The maximum atomic E-state index is 11.1. The van der Waals surface area contributed by atoms with Gasteiger partial charge in [0.05, 0.1) is 4.92 Å². The molecule has 0 bridgehead atoms. The van der Waals surface area contributed by atoms with E-state index in [4.69, 9.17) is 11.6 Å². The lowest BCUT2D eigenvalue weighted by Gasteiger charge is -2.08. The minimum absolute atomic E-state index is 0.152. The second-order valence-corrected chi connectivity index (χ2v) is 3.49. The predicted molar refractivity (Wildman–Crippen MR) is 55.0 cm³/mol. The standard InChI is InChI=1S/C9H9ClN2O3/c1-5(6(2)13)7-3-4-11-9(10)8(7)12(14)15/h3-5H,1-2H3. The first kappa shape index (κ1) is 11.6. The van der Waals surface area contributed by atoms with Crippen LogP contribution in [0.25, 0.3) is 0 Å². The molecular weight excluding hydrogens is 220 g/mol. The second-order valence-electron chi connectivity index (χ2n) is 3.13. The first-order valence-corrected chi connectivity index (χ1v) is 4.62. The van der Waals surface area contributed by atoms with Gasteiger partial charge in [-0.25, -0.2) is 4.98 Å². The molecule has 80 valence electrons. The average molecular weight is 229 g/mol. The third kappa shape index (κ3) is 2.30. The van der Waals surface area contributed by atoms with Crippen LogP contribution in [0.1, 0.15) is 25.3 Å². The second kappa shape index (κ2) is 4.35. The first-order chi connectivity index (χ1) is 6.95. The van der Waals surface area contributed by atoms with Gasteiger partial charge in [0.25, 0.3) is 0 Å². The van der Waals surface area contributed by atoms with Gasteiger partial charge in [0.1, 0.15) is 5.78 Å². The van der Waals surface area contributed by atoms with Gasteiger partial charge in [0.15, 0.2) is 0 Å². The molecule has 5 nitrogen and oxygen atoms in total. The first-order valence-electron chi connectivity index (χ1n) is 4.24. The average Bonchev–Trinajstić information content (AvgIpc) is 2.15. The van der Waals surface area contributed by atoms with Crippen LogP contribution in [0.15, 0.2) is 12.3 Å². The Hall–Kier alpha value is -1.49. The van der Waals surface area contributed by atoms with E-state index in [9.17, 15) is 14.9 Å². The quantitative estimate of drug-likeness (QED) is 0.452. The zero-order valence-electron chi connectivity index (χ0n) is 8.23. The summed E-state index contributed by atoms with van der Waals surface area (Å²) in [4.78, 5) is 24.9. The molecule has 0 spiro atoms. The number of carbonyl (C=O) groups excluding carboxylic acids is 1. The Bertz CT molecular complexity index is 420. The van der Waals surface area contributed by atoms with E-state index in [0.717, 1.165) is 0 Å². The van der Waals surface area contributed by atoms with Crippen molar-refractivity contribution in [1.29, 1.82) is 0 Å². The van der Waals surface area contributed by atoms with E-state index < -0.39 is 10.8 Å². The van der Waals surface area contributed by atoms with Crippen LogP contribution in [0.2, 0.25) is 5.15 Å². The summed E-state index contributed by atoms with van der Waals surface area (Å²) in [5.74, 6) is -0.703. The van der Waals surface area contributed by atoms with Gasteiger partial charge in [-0.3, -0.25) is 14.9 Å². The SMILES string of the molecule is CC(=O)C(C)c1ccnc(Cl)c1[N+](=O)[O-]. The molecule has 0 radical (unpaired) electrons. The molecular formula is C9H9ClN2O3. The molecule has 0 aliphatic heterocycles. The smallest absolute Gasteiger partial charge is 0.299 e. The van der Waals surface area contributed by atoms with Gasteiger partial charge in [-0.2, -0.15) is 0 Å². The van der Waals surface area contributed by atoms with Crippen LogP contribution in [-0.4, -0.2) is 15.7 Å². The van der Waals surface area contributed by atoms with Crippen molar-refractivity contribution in [3.63, 3.8) is 0 Å². The summed E-state index contributed by atoms with van der Waals surface area (Å²) in [5.41, 5.74) is 0.00867. The summed E-state index contributed by atoms with van der Waals surface area (Å²) in [5, 5.41) is 10.6. The van der Waals surface area contributed by atoms with Crippen molar-refractivity contribution in [2.24, 2.45) is 0 Å². The van der Waals surface area contributed by atoms with Crippen molar-refractivity contribution in [1.82, 2.24) is 4.98 Å². The van der Waals surface area contributed by atoms with Crippen molar-refractivity contribution in [3.05, 3.63) is 33.1 Å². The highest BCUT2D eigenvalue weighted by atomic mass is 35.5. The molecule has 1 atom stereocenters. The number of nitrogens with zero attached hydrogens (tertiary/aromatic N) is 2. The molecule has 0 aromatic carbocycles. The number of pyridine rings is 1. The molecule has 0 aliphatic rings. The number of nitro groups is 1. The summed E-state index contributed by atoms with van der Waals surface area (Å²) in [7, 11) is 0. The maximum Gasteiger partial charge on any atom is 0.310 e. The lowest BCUT2D eigenvalue weighted by molar-refractivity contribution is -0.385.